The minimum absolute atomic E-state index is 0.0231. The molecule has 0 N–H and O–H groups in total. The Morgan fingerprint density at radius 2 is 1.93 bits per heavy atom. The zero-order valence-electron chi connectivity index (χ0n) is 9.47. The maximum absolute atomic E-state index is 11.7. The van der Waals surface area contributed by atoms with Gasteiger partial charge >= 0.3 is 0 Å². The first kappa shape index (κ1) is 11.7. The Morgan fingerprint density at radius 3 is 2.47 bits per heavy atom. The zero-order valence-corrected chi connectivity index (χ0v) is 9.47. The van der Waals surface area contributed by atoms with Crippen LogP contribution in [-0.4, -0.2) is 25.5 Å². The Balaban J connectivity index is 2.54. The minimum Gasteiger partial charge on any atom is -0.314 e. The molecule has 0 unspecified atom stereocenters. The van der Waals surface area contributed by atoms with Gasteiger partial charge in [-0.15, -0.1) is 0 Å². The molecule has 3 nitrogen and oxygen atoms in total. The molecule has 0 aromatic heterocycles. The van der Waals surface area contributed by atoms with Crippen LogP contribution < -0.4 is 10.2 Å². The third kappa shape index (κ3) is 3.72. The van der Waals surface area contributed by atoms with Crippen molar-refractivity contribution < 1.29 is 4.79 Å². The summed E-state index contributed by atoms with van der Waals surface area (Å²) in [5, 5.41) is 4.18. The average molecular weight is 205 g/mol. The van der Waals surface area contributed by atoms with E-state index in [4.69, 9.17) is 0 Å². The molecular weight excluding hydrogens is 188 g/mol. The molecule has 0 aliphatic rings. The number of nitrogens with zero attached hydrogens (tertiary/aromatic N) is 2. The first-order valence-corrected chi connectivity index (χ1v) is 5.09. The number of anilines is 1. The predicted molar refractivity (Wildman–Crippen MR) is 62.0 cm³/mol. The van der Waals surface area contributed by atoms with Gasteiger partial charge in [-0.3, -0.25) is 4.79 Å². The third-order valence-corrected chi connectivity index (χ3v) is 2.11. The van der Waals surface area contributed by atoms with E-state index in [0.29, 0.717) is 0 Å². The summed E-state index contributed by atoms with van der Waals surface area (Å²) in [5.74, 6) is 0.0231. The number of benzene rings is 1. The lowest BCUT2D eigenvalue weighted by atomic mass is 10.3. The van der Waals surface area contributed by atoms with Crippen LogP contribution in [0.5, 0.6) is 0 Å². The van der Waals surface area contributed by atoms with E-state index in [9.17, 15) is 4.79 Å². The number of hydrogen-bond donors (Lipinski definition) is 0. The van der Waals surface area contributed by atoms with Gasteiger partial charge in [0.25, 0.3) is 0 Å². The number of carbonyl (C=O) groups is 1. The molecule has 0 fully saturated rings. The van der Waals surface area contributed by atoms with Crippen molar-refractivity contribution in [1.29, 1.82) is 0 Å². The van der Waals surface area contributed by atoms with Gasteiger partial charge in [-0.2, -0.15) is 0 Å². The predicted octanol–water partition coefficient (Wildman–Crippen LogP) is 1.66. The summed E-state index contributed by atoms with van der Waals surface area (Å²) in [5.41, 5.74) is 0.904. The average Bonchev–Trinajstić information content (AvgIpc) is 2.26. The second-order valence-corrected chi connectivity index (χ2v) is 3.72. The molecule has 15 heavy (non-hydrogen) atoms. The summed E-state index contributed by atoms with van der Waals surface area (Å²) < 4.78 is 0. The smallest absolute Gasteiger partial charge is 0.242 e. The first-order chi connectivity index (χ1) is 7.11. The number of carbonyl (C=O) groups excluding carboxylic acids is 1. The highest BCUT2D eigenvalue weighted by atomic mass is 16.2. The van der Waals surface area contributed by atoms with Gasteiger partial charge in [-0.1, -0.05) is 18.2 Å². The standard InChI is InChI=1S/C12H17N2O/c1-10(2)13-9-12(15)14(3)11-7-5-4-6-8-11/h4-8,10H,9H2,1-3H3. The van der Waals surface area contributed by atoms with Crippen molar-refractivity contribution in [3.63, 3.8) is 0 Å². The third-order valence-electron chi connectivity index (χ3n) is 2.11. The summed E-state index contributed by atoms with van der Waals surface area (Å²) in [6.07, 6.45) is 0. The minimum atomic E-state index is 0.0231. The fourth-order valence-electron chi connectivity index (χ4n) is 1.16. The van der Waals surface area contributed by atoms with Crippen molar-refractivity contribution in [3.05, 3.63) is 30.3 Å². The molecule has 1 aromatic rings. The van der Waals surface area contributed by atoms with Gasteiger partial charge in [0.2, 0.25) is 5.91 Å². The van der Waals surface area contributed by atoms with Crippen LogP contribution in [0, 0.1) is 0 Å². The highest BCUT2D eigenvalue weighted by Gasteiger charge is 2.10. The van der Waals surface area contributed by atoms with Crippen LogP contribution in [0.15, 0.2) is 30.3 Å². The molecule has 1 rings (SSSR count). The van der Waals surface area contributed by atoms with Crippen molar-refractivity contribution in [3.8, 4) is 0 Å². The first-order valence-electron chi connectivity index (χ1n) is 5.09. The Bertz CT molecular complexity index is 309. The monoisotopic (exact) mass is 205 g/mol. The van der Waals surface area contributed by atoms with E-state index < -0.39 is 0 Å². The summed E-state index contributed by atoms with van der Waals surface area (Å²) in [7, 11) is 1.77. The summed E-state index contributed by atoms with van der Waals surface area (Å²) in [6.45, 7) is 4.19. The quantitative estimate of drug-likeness (QED) is 0.736. The summed E-state index contributed by atoms with van der Waals surface area (Å²) in [6, 6.07) is 9.79. The number of para-hydroxylation sites is 1. The zero-order chi connectivity index (χ0) is 11.3. The Kier molecular flexibility index (Phi) is 4.31. The second kappa shape index (κ2) is 5.51. The molecule has 1 radical (unpaired) electrons. The van der Waals surface area contributed by atoms with Crippen molar-refractivity contribution in [2.45, 2.75) is 19.9 Å². The van der Waals surface area contributed by atoms with E-state index in [1.807, 2.05) is 44.2 Å². The lowest BCUT2D eigenvalue weighted by Crippen LogP contribution is -2.34. The molecule has 0 spiro atoms. The van der Waals surface area contributed by atoms with E-state index in [0.717, 1.165) is 5.69 Å². The highest BCUT2D eigenvalue weighted by molar-refractivity contribution is 5.94. The fourth-order valence-corrected chi connectivity index (χ4v) is 1.16. The van der Waals surface area contributed by atoms with Crippen LogP contribution in [0.3, 0.4) is 0 Å². The molecule has 0 bridgehead atoms. The van der Waals surface area contributed by atoms with E-state index in [-0.39, 0.29) is 18.5 Å². The van der Waals surface area contributed by atoms with Crippen LogP contribution >= 0.6 is 0 Å². The molecule has 81 valence electrons. The fraction of sp³-hybridized carbons (Fsp3) is 0.417. The van der Waals surface area contributed by atoms with Crippen LogP contribution in [0.25, 0.3) is 0 Å². The largest absolute Gasteiger partial charge is 0.314 e. The van der Waals surface area contributed by atoms with Crippen molar-refractivity contribution in [2.75, 3.05) is 18.5 Å². The number of hydrogen-bond acceptors (Lipinski definition) is 1. The highest BCUT2D eigenvalue weighted by Crippen LogP contribution is 2.10. The van der Waals surface area contributed by atoms with Gasteiger partial charge in [-0.25, -0.2) is 5.32 Å². The van der Waals surface area contributed by atoms with Gasteiger partial charge < -0.3 is 4.90 Å². The van der Waals surface area contributed by atoms with Gasteiger partial charge in [-0.05, 0) is 26.0 Å². The molecule has 0 aliphatic heterocycles. The number of amides is 1. The number of likely N-dealkylation sites (N-methyl/N-ethyl adjacent to an activating group) is 1. The molecule has 1 amide bonds. The SMILES string of the molecule is CC(C)[N]CC(=O)N(C)c1ccccc1. The van der Waals surface area contributed by atoms with Crippen molar-refractivity contribution >= 4 is 11.6 Å². The van der Waals surface area contributed by atoms with Crippen LogP contribution in [0.1, 0.15) is 13.8 Å². The molecule has 0 aliphatic carbocycles. The van der Waals surface area contributed by atoms with E-state index in [1.54, 1.807) is 11.9 Å². The Hall–Kier alpha value is -1.35. The van der Waals surface area contributed by atoms with Gasteiger partial charge in [0.1, 0.15) is 0 Å². The maximum atomic E-state index is 11.7. The van der Waals surface area contributed by atoms with E-state index in [1.165, 1.54) is 0 Å². The summed E-state index contributed by atoms with van der Waals surface area (Å²) >= 11 is 0. The molecule has 1 aromatic carbocycles. The molecule has 0 atom stereocenters. The van der Waals surface area contributed by atoms with Crippen molar-refractivity contribution in [2.24, 2.45) is 0 Å². The van der Waals surface area contributed by atoms with Gasteiger partial charge in [0.05, 0.1) is 6.54 Å². The molecule has 3 heteroatoms. The molecular formula is C12H17N2O. The molecule has 0 heterocycles. The van der Waals surface area contributed by atoms with Gasteiger partial charge in [0.15, 0.2) is 0 Å². The van der Waals surface area contributed by atoms with Crippen LogP contribution in [0.2, 0.25) is 0 Å². The van der Waals surface area contributed by atoms with E-state index in [2.05, 4.69) is 5.32 Å². The number of rotatable bonds is 4. The lowest BCUT2D eigenvalue weighted by Gasteiger charge is -2.17. The maximum Gasteiger partial charge on any atom is 0.242 e. The summed E-state index contributed by atoms with van der Waals surface area (Å²) in [4.78, 5) is 13.3. The van der Waals surface area contributed by atoms with Crippen LogP contribution in [-0.2, 0) is 4.79 Å². The Labute approximate surface area is 91.1 Å². The van der Waals surface area contributed by atoms with Crippen LogP contribution in [0.4, 0.5) is 5.69 Å². The van der Waals surface area contributed by atoms with Gasteiger partial charge in [0, 0.05) is 18.8 Å². The normalized spacial score (nSPS) is 10.4. The topological polar surface area (TPSA) is 34.4 Å². The Morgan fingerprint density at radius 1 is 1.33 bits per heavy atom. The van der Waals surface area contributed by atoms with Crippen molar-refractivity contribution in [1.82, 2.24) is 5.32 Å². The lowest BCUT2D eigenvalue weighted by molar-refractivity contribution is -0.117. The second-order valence-electron chi connectivity index (χ2n) is 3.72. The van der Waals surface area contributed by atoms with E-state index >= 15 is 0 Å². The molecule has 0 saturated heterocycles. The molecule has 0 saturated carbocycles.